The molecule has 0 amide bonds. The minimum absolute atomic E-state index is 0.750. The highest BCUT2D eigenvalue weighted by Gasteiger charge is 2.08. The van der Waals surface area contributed by atoms with Gasteiger partial charge in [0, 0.05) is 5.69 Å². The standard InChI is InChI=1S/C16H14N2/c17-16-12-11-15(13-7-3-1-4-8-13)18(16)14-9-5-2-6-10-14/h1-12H,17H2. The third-order valence-electron chi connectivity index (χ3n) is 3.00. The second-order valence-corrected chi connectivity index (χ2v) is 4.18. The molecule has 0 fully saturated rings. The molecule has 2 aromatic carbocycles. The number of para-hydroxylation sites is 1. The lowest BCUT2D eigenvalue weighted by Crippen LogP contribution is -2.01. The summed E-state index contributed by atoms with van der Waals surface area (Å²) in [6.45, 7) is 0. The minimum atomic E-state index is 0.750. The Labute approximate surface area is 106 Å². The van der Waals surface area contributed by atoms with Gasteiger partial charge in [-0.2, -0.15) is 0 Å². The van der Waals surface area contributed by atoms with E-state index in [2.05, 4.69) is 34.9 Å². The lowest BCUT2D eigenvalue weighted by molar-refractivity contribution is 1.10. The van der Waals surface area contributed by atoms with Crippen molar-refractivity contribution in [3.8, 4) is 16.9 Å². The molecule has 0 aliphatic carbocycles. The Morgan fingerprint density at radius 2 is 1.28 bits per heavy atom. The Kier molecular flexibility index (Phi) is 2.61. The van der Waals surface area contributed by atoms with Crippen molar-refractivity contribution in [2.24, 2.45) is 0 Å². The lowest BCUT2D eigenvalue weighted by atomic mass is 10.1. The highest BCUT2D eigenvalue weighted by atomic mass is 15.1. The highest BCUT2D eigenvalue weighted by Crippen LogP contribution is 2.27. The summed E-state index contributed by atoms with van der Waals surface area (Å²) in [5.74, 6) is 0.750. The van der Waals surface area contributed by atoms with Crippen LogP contribution in [0.25, 0.3) is 16.9 Å². The molecule has 0 aliphatic rings. The Balaban J connectivity index is 2.19. The van der Waals surface area contributed by atoms with Crippen molar-refractivity contribution in [2.45, 2.75) is 0 Å². The summed E-state index contributed by atoms with van der Waals surface area (Å²) in [4.78, 5) is 0. The van der Waals surface area contributed by atoms with Crippen molar-refractivity contribution in [3.05, 3.63) is 72.8 Å². The van der Waals surface area contributed by atoms with E-state index in [4.69, 9.17) is 5.73 Å². The predicted octanol–water partition coefficient (Wildman–Crippen LogP) is 3.73. The number of hydrogen-bond donors (Lipinski definition) is 1. The number of nitrogens with zero attached hydrogens (tertiary/aromatic N) is 1. The number of rotatable bonds is 2. The van der Waals surface area contributed by atoms with Crippen LogP contribution in [0.1, 0.15) is 0 Å². The zero-order valence-corrected chi connectivity index (χ0v) is 9.95. The van der Waals surface area contributed by atoms with E-state index in [0.29, 0.717) is 0 Å². The molecule has 3 rings (SSSR count). The molecule has 0 spiro atoms. The summed E-state index contributed by atoms with van der Waals surface area (Å²) in [6.07, 6.45) is 0. The number of nitrogen functional groups attached to an aromatic ring is 1. The van der Waals surface area contributed by atoms with E-state index in [9.17, 15) is 0 Å². The molecule has 1 aromatic heterocycles. The first-order chi connectivity index (χ1) is 8.86. The monoisotopic (exact) mass is 234 g/mol. The second kappa shape index (κ2) is 4.41. The quantitative estimate of drug-likeness (QED) is 0.719. The van der Waals surface area contributed by atoms with Crippen molar-refractivity contribution >= 4 is 5.82 Å². The summed E-state index contributed by atoms with van der Waals surface area (Å²) in [5.41, 5.74) is 9.43. The largest absolute Gasteiger partial charge is 0.385 e. The van der Waals surface area contributed by atoms with Gasteiger partial charge in [0.2, 0.25) is 0 Å². The van der Waals surface area contributed by atoms with Crippen LogP contribution in [0.5, 0.6) is 0 Å². The minimum Gasteiger partial charge on any atom is -0.385 e. The van der Waals surface area contributed by atoms with E-state index in [-0.39, 0.29) is 0 Å². The molecule has 3 aromatic rings. The second-order valence-electron chi connectivity index (χ2n) is 4.18. The molecule has 88 valence electrons. The fourth-order valence-corrected chi connectivity index (χ4v) is 2.15. The predicted molar refractivity (Wildman–Crippen MR) is 75.6 cm³/mol. The van der Waals surface area contributed by atoms with Gasteiger partial charge in [-0.25, -0.2) is 0 Å². The van der Waals surface area contributed by atoms with Gasteiger partial charge >= 0.3 is 0 Å². The molecule has 0 bridgehead atoms. The molecule has 0 aliphatic heterocycles. The SMILES string of the molecule is Nc1ccc(-c2ccccc2)n1-c1ccccc1. The Hall–Kier alpha value is -2.48. The molecule has 1 heterocycles. The van der Waals surface area contributed by atoms with Gasteiger partial charge < -0.3 is 5.73 Å². The molecule has 2 nitrogen and oxygen atoms in total. The van der Waals surface area contributed by atoms with Crippen molar-refractivity contribution in [1.82, 2.24) is 4.57 Å². The van der Waals surface area contributed by atoms with Crippen molar-refractivity contribution in [2.75, 3.05) is 5.73 Å². The Bertz CT molecular complexity index is 639. The van der Waals surface area contributed by atoms with Crippen LogP contribution in [0.15, 0.2) is 72.8 Å². The zero-order chi connectivity index (χ0) is 12.4. The molecule has 2 heteroatoms. The van der Waals surface area contributed by atoms with Gasteiger partial charge in [0.15, 0.2) is 0 Å². The molecule has 0 unspecified atom stereocenters. The summed E-state index contributed by atoms with van der Waals surface area (Å²) >= 11 is 0. The summed E-state index contributed by atoms with van der Waals surface area (Å²) in [7, 11) is 0. The molecule has 0 atom stereocenters. The fraction of sp³-hybridized carbons (Fsp3) is 0. The number of anilines is 1. The van der Waals surface area contributed by atoms with Crippen LogP contribution in [0.2, 0.25) is 0 Å². The van der Waals surface area contributed by atoms with E-state index in [0.717, 1.165) is 22.8 Å². The van der Waals surface area contributed by atoms with Gasteiger partial charge in [-0.1, -0.05) is 48.5 Å². The van der Waals surface area contributed by atoms with Crippen molar-refractivity contribution < 1.29 is 0 Å². The van der Waals surface area contributed by atoms with E-state index in [1.54, 1.807) is 0 Å². The molecular weight excluding hydrogens is 220 g/mol. The third-order valence-corrected chi connectivity index (χ3v) is 3.00. The average Bonchev–Trinajstić information content (AvgIpc) is 2.83. The van der Waals surface area contributed by atoms with Crippen LogP contribution in [0.4, 0.5) is 5.82 Å². The van der Waals surface area contributed by atoms with Gasteiger partial charge in [-0.15, -0.1) is 0 Å². The highest BCUT2D eigenvalue weighted by molar-refractivity contribution is 5.67. The van der Waals surface area contributed by atoms with Crippen LogP contribution in [-0.4, -0.2) is 4.57 Å². The van der Waals surface area contributed by atoms with Crippen molar-refractivity contribution in [3.63, 3.8) is 0 Å². The molecule has 0 saturated heterocycles. The van der Waals surface area contributed by atoms with E-state index < -0.39 is 0 Å². The number of benzene rings is 2. The zero-order valence-electron chi connectivity index (χ0n) is 9.95. The van der Waals surface area contributed by atoms with Crippen LogP contribution in [-0.2, 0) is 0 Å². The molecule has 2 N–H and O–H groups in total. The fourth-order valence-electron chi connectivity index (χ4n) is 2.15. The Morgan fingerprint density at radius 3 is 1.94 bits per heavy atom. The topological polar surface area (TPSA) is 30.9 Å². The first-order valence-corrected chi connectivity index (χ1v) is 5.94. The molecule has 0 radical (unpaired) electrons. The van der Waals surface area contributed by atoms with Gasteiger partial charge in [0.05, 0.1) is 5.69 Å². The summed E-state index contributed by atoms with van der Waals surface area (Å²) in [5, 5.41) is 0. The van der Waals surface area contributed by atoms with Crippen LogP contribution >= 0.6 is 0 Å². The maximum Gasteiger partial charge on any atom is 0.108 e. The van der Waals surface area contributed by atoms with Gasteiger partial charge in [-0.05, 0) is 29.8 Å². The van der Waals surface area contributed by atoms with Gasteiger partial charge in [0.1, 0.15) is 5.82 Å². The summed E-state index contributed by atoms with van der Waals surface area (Å²) in [6, 6.07) is 24.4. The van der Waals surface area contributed by atoms with Crippen LogP contribution in [0.3, 0.4) is 0 Å². The van der Waals surface area contributed by atoms with E-state index in [1.807, 2.05) is 42.5 Å². The number of hydrogen-bond acceptors (Lipinski definition) is 1. The van der Waals surface area contributed by atoms with Crippen LogP contribution in [0, 0.1) is 0 Å². The van der Waals surface area contributed by atoms with E-state index >= 15 is 0 Å². The number of aromatic nitrogens is 1. The molecular formula is C16H14N2. The van der Waals surface area contributed by atoms with Gasteiger partial charge in [-0.3, -0.25) is 4.57 Å². The van der Waals surface area contributed by atoms with Crippen LogP contribution < -0.4 is 5.73 Å². The summed E-state index contributed by atoms with van der Waals surface area (Å²) < 4.78 is 2.06. The number of nitrogens with two attached hydrogens (primary N) is 1. The first-order valence-electron chi connectivity index (χ1n) is 5.94. The first kappa shape index (κ1) is 10.7. The molecule has 18 heavy (non-hydrogen) atoms. The molecule has 0 saturated carbocycles. The maximum absolute atomic E-state index is 6.07. The average molecular weight is 234 g/mol. The Morgan fingerprint density at radius 1 is 0.667 bits per heavy atom. The van der Waals surface area contributed by atoms with Crippen molar-refractivity contribution in [1.29, 1.82) is 0 Å². The van der Waals surface area contributed by atoms with E-state index in [1.165, 1.54) is 0 Å². The van der Waals surface area contributed by atoms with Gasteiger partial charge in [0.25, 0.3) is 0 Å². The maximum atomic E-state index is 6.07. The smallest absolute Gasteiger partial charge is 0.108 e. The lowest BCUT2D eigenvalue weighted by Gasteiger charge is -2.11. The normalized spacial score (nSPS) is 10.4. The third kappa shape index (κ3) is 1.78.